The molecule has 5 heteroatoms. The number of halogens is 2. The van der Waals surface area contributed by atoms with Crippen molar-refractivity contribution in [1.82, 2.24) is 9.97 Å². The minimum atomic E-state index is -0.592. The molecule has 0 unspecified atom stereocenters. The van der Waals surface area contributed by atoms with Crippen LogP contribution in [0.15, 0.2) is 60.7 Å². The van der Waals surface area contributed by atoms with Crippen LogP contribution in [0.3, 0.4) is 0 Å². The smallest absolute Gasteiger partial charge is 0.213 e. The van der Waals surface area contributed by atoms with Crippen molar-refractivity contribution in [3.05, 3.63) is 83.6 Å². The first kappa shape index (κ1) is 15.9. The highest BCUT2D eigenvalue weighted by atomic mass is 19.1. The fourth-order valence-corrected chi connectivity index (χ4v) is 2.69. The highest BCUT2D eigenvalue weighted by Gasteiger charge is 2.10. The van der Waals surface area contributed by atoms with Crippen molar-refractivity contribution in [3.63, 3.8) is 0 Å². The summed E-state index contributed by atoms with van der Waals surface area (Å²) in [5.74, 6) is 5.02. The van der Waals surface area contributed by atoms with Crippen LogP contribution in [0.2, 0.25) is 0 Å². The second kappa shape index (κ2) is 6.34. The monoisotopic (exact) mass is 345 g/mol. The first-order valence-electron chi connectivity index (χ1n) is 7.91. The van der Waals surface area contributed by atoms with Crippen molar-refractivity contribution >= 4 is 16.6 Å². The number of nitrogen functional groups attached to an aromatic ring is 1. The summed E-state index contributed by atoms with van der Waals surface area (Å²) in [7, 11) is 0. The van der Waals surface area contributed by atoms with Gasteiger partial charge in [-0.1, -0.05) is 11.8 Å². The topological polar surface area (TPSA) is 54.7 Å². The summed E-state index contributed by atoms with van der Waals surface area (Å²) >= 11 is 0. The van der Waals surface area contributed by atoms with E-state index in [0.717, 1.165) is 10.9 Å². The second-order valence-corrected chi connectivity index (χ2v) is 5.82. The molecule has 0 fully saturated rings. The molecule has 4 aromatic rings. The summed E-state index contributed by atoms with van der Waals surface area (Å²) < 4.78 is 26.7. The van der Waals surface area contributed by atoms with Crippen molar-refractivity contribution in [1.29, 1.82) is 0 Å². The van der Waals surface area contributed by atoms with E-state index in [4.69, 9.17) is 5.73 Å². The molecule has 0 atom stereocenters. The lowest BCUT2D eigenvalue weighted by Crippen LogP contribution is -1.93. The maximum absolute atomic E-state index is 13.7. The third kappa shape index (κ3) is 3.13. The molecule has 0 saturated heterocycles. The van der Waals surface area contributed by atoms with Crippen molar-refractivity contribution < 1.29 is 8.78 Å². The summed E-state index contributed by atoms with van der Waals surface area (Å²) in [6, 6.07) is 16.0. The molecule has 0 bridgehead atoms. The van der Waals surface area contributed by atoms with Gasteiger partial charge in [0.25, 0.3) is 0 Å². The molecule has 2 aromatic heterocycles. The lowest BCUT2D eigenvalue weighted by molar-refractivity contribution is 0.585. The van der Waals surface area contributed by atoms with E-state index in [1.165, 1.54) is 18.2 Å². The van der Waals surface area contributed by atoms with Crippen LogP contribution in [0.5, 0.6) is 0 Å². The van der Waals surface area contributed by atoms with Gasteiger partial charge in [-0.2, -0.15) is 4.39 Å². The average molecular weight is 345 g/mol. The highest BCUT2D eigenvalue weighted by molar-refractivity contribution is 5.88. The van der Waals surface area contributed by atoms with E-state index in [1.54, 1.807) is 24.3 Å². The molecule has 0 radical (unpaired) electrons. The van der Waals surface area contributed by atoms with Crippen LogP contribution in [0.25, 0.3) is 22.3 Å². The Morgan fingerprint density at radius 3 is 2.50 bits per heavy atom. The maximum Gasteiger partial charge on any atom is 0.213 e. The molecule has 0 spiro atoms. The van der Waals surface area contributed by atoms with E-state index >= 15 is 0 Å². The largest absolute Gasteiger partial charge is 0.399 e. The highest BCUT2D eigenvalue weighted by Crippen LogP contribution is 2.26. The van der Waals surface area contributed by atoms with Gasteiger partial charge in [-0.15, -0.1) is 0 Å². The molecule has 126 valence electrons. The quantitative estimate of drug-likeness (QED) is 0.303. The fourth-order valence-electron chi connectivity index (χ4n) is 2.69. The van der Waals surface area contributed by atoms with Crippen molar-refractivity contribution in [2.75, 3.05) is 5.73 Å². The number of nitrogens with two attached hydrogens (primary N) is 1. The SMILES string of the molecule is Nc1ccc2[nH]c(-c3nc(F)ccc3C#Cc3ccc(F)cc3)cc2c1. The zero-order chi connectivity index (χ0) is 18.1. The molecule has 0 aliphatic rings. The summed E-state index contributed by atoms with van der Waals surface area (Å²) in [5.41, 5.74) is 9.61. The molecule has 0 aliphatic heterocycles. The molecule has 0 amide bonds. The normalized spacial score (nSPS) is 10.5. The van der Waals surface area contributed by atoms with Gasteiger partial charge >= 0.3 is 0 Å². The number of hydrogen-bond donors (Lipinski definition) is 2. The number of hydrogen-bond acceptors (Lipinski definition) is 2. The van der Waals surface area contributed by atoms with E-state index < -0.39 is 5.95 Å². The molecule has 0 saturated carbocycles. The Hall–Kier alpha value is -3.65. The van der Waals surface area contributed by atoms with E-state index in [0.29, 0.717) is 28.2 Å². The first-order valence-corrected chi connectivity index (χ1v) is 7.91. The second-order valence-electron chi connectivity index (χ2n) is 5.82. The Morgan fingerprint density at radius 1 is 0.885 bits per heavy atom. The predicted octanol–water partition coefficient (Wildman–Crippen LogP) is 4.49. The van der Waals surface area contributed by atoms with Crippen molar-refractivity contribution in [3.8, 4) is 23.2 Å². The van der Waals surface area contributed by atoms with Gasteiger partial charge in [-0.05, 0) is 60.7 Å². The number of aromatic amines is 1. The number of nitrogens with zero attached hydrogens (tertiary/aromatic N) is 1. The number of benzene rings is 2. The molecule has 26 heavy (non-hydrogen) atoms. The number of nitrogens with one attached hydrogen (secondary N) is 1. The first-order chi connectivity index (χ1) is 12.6. The Bertz CT molecular complexity index is 1170. The van der Waals surface area contributed by atoms with Gasteiger partial charge in [0.1, 0.15) is 11.5 Å². The van der Waals surface area contributed by atoms with Crippen LogP contribution in [-0.4, -0.2) is 9.97 Å². The summed E-state index contributed by atoms with van der Waals surface area (Å²) in [6.07, 6.45) is 0. The van der Waals surface area contributed by atoms with E-state index in [-0.39, 0.29) is 5.82 Å². The Kier molecular flexibility index (Phi) is 3.86. The van der Waals surface area contributed by atoms with E-state index in [2.05, 4.69) is 21.8 Å². The summed E-state index contributed by atoms with van der Waals surface area (Å²) in [5, 5.41) is 0.906. The van der Waals surface area contributed by atoms with Crippen LogP contribution in [-0.2, 0) is 0 Å². The Morgan fingerprint density at radius 2 is 1.69 bits per heavy atom. The number of aromatic nitrogens is 2. The number of anilines is 1. The summed E-state index contributed by atoms with van der Waals surface area (Å²) in [4.78, 5) is 7.21. The van der Waals surface area contributed by atoms with Gasteiger partial charge in [0.05, 0.1) is 11.3 Å². The molecule has 3 N–H and O–H groups in total. The van der Waals surface area contributed by atoms with E-state index in [1.807, 2.05) is 18.2 Å². The van der Waals surface area contributed by atoms with Gasteiger partial charge in [-0.25, -0.2) is 9.37 Å². The predicted molar refractivity (Wildman–Crippen MR) is 98.3 cm³/mol. The lowest BCUT2D eigenvalue weighted by atomic mass is 10.1. The maximum atomic E-state index is 13.7. The number of rotatable bonds is 1. The molecule has 0 aliphatic carbocycles. The third-order valence-electron chi connectivity index (χ3n) is 3.95. The molecular formula is C21H13F2N3. The summed E-state index contributed by atoms with van der Waals surface area (Å²) in [6.45, 7) is 0. The molecule has 3 nitrogen and oxygen atoms in total. The van der Waals surface area contributed by atoms with Gasteiger partial charge in [-0.3, -0.25) is 0 Å². The zero-order valence-electron chi connectivity index (χ0n) is 13.6. The third-order valence-corrected chi connectivity index (χ3v) is 3.95. The Labute approximate surface area is 148 Å². The number of pyridine rings is 1. The van der Waals surface area contributed by atoms with Gasteiger partial charge in [0.15, 0.2) is 0 Å². The van der Waals surface area contributed by atoms with Crippen LogP contribution in [0, 0.1) is 23.6 Å². The zero-order valence-corrected chi connectivity index (χ0v) is 13.6. The van der Waals surface area contributed by atoms with E-state index in [9.17, 15) is 8.78 Å². The fraction of sp³-hybridized carbons (Fsp3) is 0. The molecule has 4 rings (SSSR count). The van der Waals surface area contributed by atoms with Gasteiger partial charge in [0.2, 0.25) is 5.95 Å². The van der Waals surface area contributed by atoms with Crippen molar-refractivity contribution in [2.24, 2.45) is 0 Å². The number of H-pyrrole nitrogens is 1. The van der Waals surface area contributed by atoms with Crippen LogP contribution < -0.4 is 5.73 Å². The minimum absolute atomic E-state index is 0.322. The van der Waals surface area contributed by atoms with Crippen LogP contribution >= 0.6 is 0 Å². The van der Waals surface area contributed by atoms with Gasteiger partial charge in [0, 0.05) is 22.2 Å². The molecular weight excluding hydrogens is 332 g/mol. The molecule has 2 aromatic carbocycles. The van der Waals surface area contributed by atoms with Crippen LogP contribution in [0.1, 0.15) is 11.1 Å². The van der Waals surface area contributed by atoms with Crippen LogP contribution in [0.4, 0.5) is 14.5 Å². The number of fused-ring (bicyclic) bond motifs is 1. The van der Waals surface area contributed by atoms with Gasteiger partial charge < -0.3 is 10.7 Å². The average Bonchev–Trinajstić information content (AvgIpc) is 3.05. The standard InChI is InChI=1S/C21H13F2N3/c22-16-6-2-13(3-7-16)1-4-14-5-10-20(23)26-21(14)19-12-15-11-17(24)8-9-18(15)25-19/h2-3,5-12,25H,24H2. The van der Waals surface area contributed by atoms with Crippen molar-refractivity contribution in [2.45, 2.75) is 0 Å². The minimum Gasteiger partial charge on any atom is -0.399 e. The Balaban J connectivity index is 1.80. The lowest BCUT2D eigenvalue weighted by Gasteiger charge is -2.01. The molecule has 2 heterocycles.